The Morgan fingerprint density at radius 1 is 1.31 bits per heavy atom. The fourth-order valence-electron chi connectivity index (χ4n) is 3.75. The zero-order valence-corrected chi connectivity index (χ0v) is 21.8. The Morgan fingerprint density at radius 3 is 2.47 bits per heavy atom. The number of nitrogen functional groups attached to an aromatic ring is 1. The zero-order valence-electron chi connectivity index (χ0n) is 20.3. The first-order chi connectivity index (χ1) is 17.1. The van der Waals surface area contributed by atoms with Gasteiger partial charge in [-0.15, -0.1) is 0 Å². The molecule has 2 aromatic rings. The number of amidine groups is 1. The monoisotopic (exact) mass is 535 g/mol. The molecule has 0 bridgehead atoms. The molecule has 3 rings (SSSR count). The Balaban J connectivity index is 2.01. The highest BCUT2D eigenvalue weighted by molar-refractivity contribution is 7.87. The second-order valence-electron chi connectivity index (χ2n) is 8.00. The quantitative estimate of drug-likeness (QED) is 0.280. The van der Waals surface area contributed by atoms with Gasteiger partial charge in [-0.2, -0.15) is 17.8 Å². The van der Waals surface area contributed by atoms with Gasteiger partial charge in [-0.05, 0) is 17.7 Å². The first-order valence-electron chi connectivity index (χ1n) is 11.1. The maximum atomic E-state index is 13.0. The van der Waals surface area contributed by atoms with E-state index in [9.17, 15) is 13.5 Å². The van der Waals surface area contributed by atoms with Gasteiger partial charge in [0.2, 0.25) is 5.96 Å². The second-order valence-corrected chi connectivity index (χ2v) is 10.1. The SMILES string of the molecule is CCN(CCOC)S(=O)(=O)NC(=NC)N1CC(O)(c2ccc(C(=N)N)cc2)C(c2ccc(Cl)cc2)=N1. The van der Waals surface area contributed by atoms with Crippen LogP contribution in [0.4, 0.5) is 0 Å². The average Bonchev–Trinajstić information content (AvgIpc) is 3.21. The average molecular weight is 536 g/mol. The first kappa shape index (κ1) is 27.6. The fourth-order valence-corrected chi connectivity index (χ4v) is 5.08. The number of aliphatic imine (C=N–C) groups is 1. The summed E-state index contributed by atoms with van der Waals surface area (Å²) in [6, 6.07) is 13.4. The molecule has 36 heavy (non-hydrogen) atoms. The molecule has 0 amide bonds. The number of nitrogens with two attached hydrogens (primary N) is 1. The van der Waals surface area contributed by atoms with E-state index in [1.54, 1.807) is 55.5 Å². The van der Waals surface area contributed by atoms with Crippen LogP contribution in [0.15, 0.2) is 58.6 Å². The van der Waals surface area contributed by atoms with E-state index >= 15 is 0 Å². The van der Waals surface area contributed by atoms with Gasteiger partial charge in [-0.25, -0.2) is 9.73 Å². The number of likely N-dealkylation sites (N-methyl/N-ethyl adjacent to an activating group) is 1. The number of guanidine groups is 1. The van der Waals surface area contributed by atoms with Crippen molar-refractivity contribution in [3.63, 3.8) is 0 Å². The molecular weight excluding hydrogens is 506 g/mol. The number of hydrazone groups is 1. The normalized spacial score (nSPS) is 18.4. The number of nitrogens with one attached hydrogen (secondary N) is 2. The van der Waals surface area contributed by atoms with Crippen LogP contribution in [0.25, 0.3) is 0 Å². The van der Waals surface area contributed by atoms with Crippen molar-refractivity contribution in [2.24, 2.45) is 15.8 Å². The lowest BCUT2D eigenvalue weighted by molar-refractivity contribution is 0.103. The third kappa shape index (κ3) is 5.85. The van der Waals surface area contributed by atoms with E-state index < -0.39 is 15.8 Å². The van der Waals surface area contributed by atoms with E-state index in [-0.39, 0.29) is 43.7 Å². The van der Waals surface area contributed by atoms with Crippen molar-refractivity contribution >= 4 is 39.3 Å². The lowest BCUT2D eigenvalue weighted by Gasteiger charge is -2.27. The van der Waals surface area contributed by atoms with Crippen LogP contribution in [0.2, 0.25) is 5.02 Å². The number of hydrogen-bond donors (Lipinski definition) is 4. The van der Waals surface area contributed by atoms with E-state index in [4.69, 9.17) is 27.5 Å². The van der Waals surface area contributed by atoms with Crippen molar-refractivity contribution in [1.82, 2.24) is 14.0 Å². The summed E-state index contributed by atoms with van der Waals surface area (Å²) in [5.41, 5.74) is 5.79. The van der Waals surface area contributed by atoms with Crippen LogP contribution in [0.1, 0.15) is 23.6 Å². The van der Waals surface area contributed by atoms with Crippen LogP contribution >= 0.6 is 11.6 Å². The number of rotatable bonds is 9. The van der Waals surface area contributed by atoms with Gasteiger partial charge in [-0.1, -0.05) is 54.9 Å². The molecule has 194 valence electrons. The third-order valence-electron chi connectivity index (χ3n) is 5.70. The molecule has 1 aliphatic rings. The Kier molecular flexibility index (Phi) is 8.69. The van der Waals surface area contributed by atoms with E-state index in [0.29, 0.717) is 21.7 Å². The van der Waals surface area contributed by atoms with Gasteiger partial charge in [0, 0.05) is 43.4 Å². The summed E-state index contributed by atoms with van der Waals surface area (Å²) in [6.45, 7) is 2.20. The van der Waals surface area contributed by atoms with Gasteiger partial charge in [0.25, 0.3) is 0 Å². The Bertz CT molecular complexity index is 1250. The highest BCUT2D eigenvalue weighted by Crippen LogP contribution is 2.33. The van der Waals surface area contributed by atoms with Crippen molar-refractivity contribution in [3.8, 4) is 0 Å². The summed E-state index contributed by atoms with van der Waals surface area (Å²) in [4.78, 5) is 4.10. The van der Waals surface area contributed by atoms with Gasteiger partial charge < -0.3 is 15.6 Å². The summed E-state index contributed by atoms with van der Waals surface area (Å²) < 4.78 is 34.7. The van der Waals surface area contributed by atoms with Gasteiger partial charge in [0.05, 0.1) is 13.2 Å². The highest BCUT2D eigenvalue weighted by Gasteiger charge is 2.45. The minimum Gasteiger partial charge on any atom is -0.384 e. The van der Waals surface area contributed by atoms with Crippen molar-refractivity contribution in [3.05, 3.63) is 70.2 Å². The molecule has 5 N–H and O–H groups in total. The number of hydrogen-bond acceptors (Lipinski definition) is 7. The van der Waals surface area contributed by atoms with Crippen LogP contribution in [0.3, 0.4) is 0 Å². The molecule has 0 aromatic heterocycles. The van der Waals surface area contributed by atoms with Gasteiger partial charge in [0.1, 0.15) is 11.5 Å². The van der Waals surface area contributed by atoms with Gasteiger partial charge in [-0.3, -0.25) is 10.4 Å². The number of benzene rings is 2. The molecule has 0 fully saturated rings. The van der Waals surface area contributed by atoms with Crippen LogP contribution in [0.5, 0.6) is 0 Å². The summed E-state index contributed by atoms with van der Waals surface area (Å²) >= 11 is 6.05. The van der Waals surface area contributed by atoms with Crippen molar-refractivity contribution < 1.29 is 18.3 Å². The summed E-state index contributed by atoms with van der Waals surface area (Å²) in [6.07, 6.45) is 0. The number of methoxy groups -OCH3 is 1. The topological polar surface area (TPSA) is 157 Å². The number of halogens is 1. The molecular formula is C23H30ClN7O4S. The Hall–Kier alpha value is -3.03. The molecule has 1 aliphatic heterocycles. The van der Waals surface area contributed by atoms with Crippen molar-refractivity contribution in [2.75, 3.05) is 40.4 Å². The molecule has 11 nitrogen and oxygen atoms in total. The fraction of sp³-hybridized carbons (Fsp3) is 0.348. The molecule has 0 aliphatic carbocycles. The molecule has 13 heteroatoms. The van der Waals surface area contributed by atoms with Crippen LogP contribution in [-0.2, 0) is 20.5 Å². The zero-order chi connectivity index (χ0) is 26.5. The Morgan fingerprint density at radius 2 is 1.94 bits per heavy atom. The number of ether oxygens (including phenoxy) is 1. The van der Waals surface area contributed by atoms with E-state index in [2.05, 4.69) is 14.8 Å². The van der Waals surface area contributed by atoms with Crippen LogP contribution in [0, 0.1) is 5.41 Å². The smallest absolute Gasteiger partial charge is 0.304 e. The molecule has 1 heterocycles. The number of aliphatic hydroxyl groups is 1. The minimum absolute atomic E-state index is 0.0615. The predicted molar refractivity (Wildman–Crippen MR) is 141 cm³/mol. The molecule has 0 spiro atoms. The maximum absolute atomic E-state index is 13.0. The summed E-state index contributed by atoms with van der Waals surface area (Å²) in [5.74, 6) is -0.162. The maximum Gasteiger partial charge on any atom is 0.304 e. The predicted octanol–water partition coefficient (Wildman–Crippen LogP) is 1.32. The highest BCUT2D eigenvalue weighted by atomic mass is 35.5. The van der Waals surface area contributed by atoms with E-state index in [0.717, 1.165) is 0 Å². The van der Waals surface area contributed by atoms with E-state index in [1.807, 2.05) is 0 Å². The summed E-state index contributed by atoms with van der Waals surface area (Å²) in [7, 11) is -1.05. The van der Waals surface area contributed by atoms with Gasteiger partial charge in [0.15, 0.2) is 5.60 Å². The van der Waals surface area contributed by atoms with Crippen molar-refractivity contribution in [2.45, 2.75) is 12.5 Å². The lowest BCUT2D eigenvalue weighted by Crippen LogP contribution is -2.50. The van der Waals surface area contributed by atoms with Crippen LogP contribution in [-0.4, -0.2) is 80.7 Å². The van der Waals surface area contributed by atoms with Crippen LogP contribution < -0.4 is 10.5 Å². The van der Waals surface area contributed by atoms with Gasteiger partial charge >= 0.3 is 10.2 Å². The summed E-state index contributed by atoms with van der Waals surface area (Å²) in [5, 5.41) is 25.9. The molecule has 1 unspecified atom stereocenters. The minimum atomic E-state index is -3.97. The number of β-amino-alcohol motifs (C(OH)–C–C–N with tert-alkyl or cyclic N) is 1. The molecule has 2 aromatic carbocycles. The molecule has 0 saturated carbocycles. The largest absolute Gasteiger partial charge is 0.384 e. The molecule has 1 atom stereocenters. The third-order valence-corrected chi connectivity index (χ3v) is 7.51. The van der Waals surface area contributed by atoms with E-state index in [1.165, 1.54) is 23.5 Å². The molecule has 0 radical (unpaired) electrons. The lowest BCUT2D eigenvalue weighted by atomic mass is 9.85. The van der Waals surface area contributed by atoms with Crippen molar-refractivity contribution in [1.29, 1.82) is 5.41 Å². The first-order valence-corrected chi connectivity index (χ1v) is 12.9. The molecule has 0 saturated heterocycles. The number of nitrogens with zero attached hydrogens (tertiary/aromatic N) is 4. The standard InChI is InChI=1S/C23H30ClN7O4S/c1-4-30(13-14-35-3)36(33,34)29-22(27-2)31-15-23(32,18-9-5-17(6-10-18)21(25)26)20(28-31)16-7-11-19(24)12-8-16/h5-12,32H,4,13-15H2,1-3H3,(H3,25,26)(H,27,29). The second kappa shape index (κ2) is 11.4. The Labute approximate surface area is 215 Å².